The normalized spacial score (nSPS) is 20.1. The molecule has 0 aromatic heterocycles. The molecule has 0 spiro atoms. The second-order valence-corrected chi connectivity index (χ2v) is 9.51. The number of Topliss-reactive ketones (excluding diaryl/α,β-unsaturated/α-hetero) is 1. The summed E-state index contributed by atoms with van der Waals surface area (Å²) >= 11 is 0. The van der Waals surface area contributed by atoms with Gasteiger partial charge in [0, 0.05) is 37.4 Å². The topological polar surface area (TPSA) is 98.8 Å². The van der Waals surface area contributed by atoms with Crippen molar-refractivity contribution in [3.8, 4) is 0 Å². The first-order chi connectivity index (χ1) is 15.5. The number of hydrogen-bond acceptors (Lipinski definition) is 6. The lowest BCUT2D eigenvalue weighted by molar-refractivity contribution is -0.137. The number of amides is 1. The number of ketones is 1. The van der Waals surface area contributed by atoms with E-state index < -0.39 is 33.8 Å². The molecule has 8 nitrogen and oxygen atoms in total. The molecule has 2 aromatic carbocycles. The second-order valence-electron chi connectivity index (χ2n) is 7.82. The molecule has 2 N–H and O–H groups in total. The molecule has 12 heteroatoms. The summed E-state index contributed by atoms with van der Waals surface area (Å²) in [6, 6.07) is 9.33. The molecule has 0 unspecified atom stereocenters. The predicted octanol–water partition coefficient (Wildman–Crippen LogP) is 2.29. The quantitative estimate of drug-likeness (QED) is 0.652. The fraction of sp³-hybridized carbons (Fsp3) is 0.333. The molecule has 0 radical (unpaired) electrons. The van der Waals surface area contributed by atoms with Crippen LogP contribution >= 0.6 is 0 Å². The average molecular weight is 482 g/mol. The van der Waals surface area contributed by atoms with Crippen molar-refractivity contribution in [3.05, 3.63) is 53.6 Å². The number of fused-ring (bicyclic) bond motifs is 1. The lowest BCUT2D eigenvalue weighted by Crippen LogP contribution is -2.58. The largest absolute Gasteiger partial charge is 0.416 e. The number of anilines is 2. The van der Waals surface area contributed by atoms with Gasteiger partial charge in [-0.15, -0.1) is 0 Å². The third-order valence-electron chi connectivity index (χ3n) is 5.65. The number of nitrogens with zero attached hydrogens (tertiary/aromatic N) is 2. The van der Waals surface area contributed by atoms with Crippen molar-refractivity contribution < 1.29 is 31.2 Å². The van der Waals surface area contributed by atoms with Gasteiger partial charge < -0.3 is 15.1 Å². The minimum atomic E-state index is -4.65. The van der Waals surface area contributed by atoms with Gasteiger partial charge in [-0.1, -0.05) is 0 Å². The highest BCUT2D eigenvalue weighted by Gasteiger charge is 2.38. The molecule has 0 bridgehead atoms. The Bertz CT molecular complexity index is 1190. The number of benzene rings is 2. The number of hydrogen-bond donors (Lipinski definition) is 2. The van der Waals surface area contributed by atoms with Gasteiger partial charge in [-0.25, -0.2) is 8.42 Å². The average Bonchev–Trinajstić information content (AvgIpc) is 2.77. The first kappa shape index (κ1) is 23.1. The monoisotopic (exact) mass is 482 g/mol. The van der Waals surface area contributed by atoms with Crippen molar-refractivity contribution in [1.82, 2.24) is 9.62 Å². The number of rotatable bonds is 3. The van der Waals surface area contributed by atoms with Crippen LogP contribution in [0.2, 0.25) is 0 Å². The lowest BCUT2D eigenvalue weighted by Gasteiger charge is -2.38. The molecule has 2 aromatic rings. The minimum Gasteiger partial charge on any atom is -0.368 e. The molecule has 1 amide bonds. The highest BCUT2D eigenvalue weighted by atomic mass is 32.2. The summed E-state index contributed by atoms with van der Waals surface area (Å²) < 4.78 is 66.4. The Kier molecular flexibility index (Phi) is 5.83. The van der Waals surface area contributed by atoms with Crippen molar-refractivity contribution in [3.63, 3.8) is 0 Å². The van der Waals surface area contributed by atoms with Crippen LogP contribution < -0.4 is 14.9 Å². The second kappa shape index (κ2) is 8.34. The first-order valence-corrected chi connectivity index (χ1v) is 11.6. The maximum atomic E-state index is 13.0. The van der Waals surface area contributed by atoms with Crippen LogP contribution in [0.4, 0.5) is 24.5 Å². The van der Waals surface area contributed by atoms with E-state index in [4.69, 9.17) is 0 Å². The maximum Gasteiger partial charge on any atom is 0.416 e. The van der Waals surface area contributed by atoms with Crippen LogP contribution in [0, 0.1) is 0 Å². The van der Waals surface area contributed by atoms with Gasteiger partial charge in [0.2, 0.25) is 10.0 Å². The first-order valence-electron chi connectivity index (χ1n) is 10.1. The third-order valence-corrected chi connectivity index (χ3v) is 7.13. The summed E-state index contributed by atoms with van der Waals surface area (Å²) in [5, 5.41) is 2.59. The molecular formula is C21H21F3N4O4S. The summed E-state index contributed by atoms with van der Waals surface area (Å²) in [5.74, 6) is -0.614. The van der Waals surface area contributed by atoms with Gasteiger partial charge in [0.05, 0.1) is 11.3 Å². The Hall–Kier alpha value is -3.12. The molecule has 33 heavy (non-hydrogen) atoms. The zero-order chi connectivity index (χ0) is 24.0. The van der Waals surface area contributed by atoms with E-state index >= 15 is 0 Å². The summed E-state index contributed by atoms with van der Waals surface area (Å²) in [7, 11) is -4.17. The van der Waals surface area contributed by atoms with E-state index in [-0.39, 0.29) is 16.4 Å². The SMILES string of the molecule is CC(=O)c1ccc(N2CCN(C(=O)[C@H]3Nc4cc(C(F)(F)F)ccc4S(=O)(=O)N3)CC2)cc1. The number of nitrogens with one attached hydrogen (secondary N) is 2. The van der Waals surface area contributed by atoms with Gasteiger partial charge in [0.15, 0.2) is 11.9 Å². The van der Waals surface area contributed by atoms with Gasteiger partial charge >= 0.3 is 6.18 Å². The molecule has 2 aliphatic heterocycles. The lowest BCUT2D eigenvalue weighted by atomic mass is 10.1. The Morgan fingerprint density at radius 1 is 1.00 bits per heavy atom. The van der Waals surface area contributed by atoms with Crippen LogP contribution in [0.1, 0.15) is 22.8 Å². The smallest absolute Gasteiger partial charge is 0.368 e. The van der Waals surface area contributed by atoms with E-state index in [0.29, 0.717) is 43.9 Å². The van der Waals surface area contributed by atoms with E-state index in [1.807, 2.05) is 17.0 Å². The van der Waals surface area contributed by atoms with Crippen LogP contribution in [0.25, 0.3) is 0 Å². The molecular weight excluding hydrogens is 461 g/mol. The van der Waals surface area contributed by atoms with Crippen LogP contribution in [-0.2, 0) is 21.0 Å². The molecule has 176 valence electrons. The Labute approximate surface area is 188 Å². The number of carbonyl (C=O) groups is 2. The molecule has 4 rings (SSSR count). The van der Waals surface area contributed by atoms with Gasteiger partial charge in [0.25, 0.3) is 5.91 Å². The summed E-state index contributed by atoms with van der Waals surface area (Å²) in [6.07, 6.45) is -6.06. The number of halogens is 3. The molecule has 2 aliphatic rings. The van der Waals surface area contributed by atoms with Gasteiger partial charge in [-0.05, 0) is 49.4 Å². The molecule has 1 atom stereocenters. The number of carbonyl (C=O) groups excluding carboxylic acids is 2. The standard InChI is InChI=1S/C21H21F3N4O4S/c1-13(29)14-2-5-16(6-3-14)27-8-10-28(11-9-27)20(30)19-25-17-12-15(21(22,23)24)4-7-18(17)33(31,32)26-19/h2-7,12,19,25-26H,8-11H2,1H3/t19-/m0/s1. The number of sulfonamides is 1. The molecule has 0 saturated carbocycles. The van der Waals surface area contributed by atoms with Crippen molar-refractivity contribution in [2.75, 3.05) is 36.4 Å². The Morgan fingerprint density at radius 2 is 1.64 bits per heavy atom. The van der Waals surface area contributed by atoms with E-state index in [2.05, 4.69) is 10.0 Å². The summed E-state index contributed by atoms with van der Waals surface area (Å²) in [6.45, 7) is 3.01. The van der Waals surface area contributed by atoms with Crippen molar-refractivity contribution >= 4 is 33.1 Å². The number of piperazine rings is 1. The zero-order valence-electron chi connectivity index (χ0n) is 17.5. The predicted molar refractivity (Wildman–Crippen MR) is 114 cm³/mol. The van der Waals surface area contributed by atoms with Gasteiger partial charge in [0.1, 0.15) is 4.90 Å². The fourth-order valence-corrected chi connectivity index (χ4v) is 5.10. The molecule has 1 saturated heterocycles. The molecule has 2 heterocycles. The molecule has 0 aliphatic carbocycles. The van der Waals surface area contributed by atoms with Crippen LogP contribution in [0.15, 0.2) is 47.4 Å². The van der Waals surface area contributed by atoms with E-state index in [9.17, 15) is 31.2 Å². The van der Waals surface area contributed by atoms with Gasteiger partial charge in [-0.2, -0.15) is 17.9 Å². The summed E-state index contributed by atoms with van der Waals surface area (Å²) in [4.78, 5) is 27.5. The van der Waals surface area contributed by atoms with E-state index in [1.165, 1.54) is 11.8 Å². The van der Waals surface area contributed by atoms with Crippen LogP contribution in [-0.4, -0.2) is 57.4 Å². The third kappa shape index (κ3) is 4.67. The zero-order valence-corrected chi connectivity index (χ0v) is 18.3. The summed E-state index contributed by atoms with van der Waals surface area (Å²) in [5.41, 5.74) is 0.196. The number of alkyl halides is 3. The van der Waals surface area contributed by atoms with Gasteiger partial charge in [-0.3, -0.25) is 9.59 Å². The van der Waals surface area contributed by atoms with Crippen LogP contribution in [0.5, 0.6) is 0 Å². The maximum absolute atomic E-state index is 13.0. The highest BCUT2D eigenvalue weighted by molar-refractivity contribution is 7.89. The van der Waals surface area contributed by atoms with Crippen molar-refractivity contribution in [1.29, 1.82) is 0 Å². The van der Waals surface area contributed by atoms with Crippen molar-refractivity contribution in [2.24, 2.45) is 0 Å². The highest BCUT2D eigenvalue weighted by Crippen LogP contribution is 2.35. The van der Waals surface area contributed by atoms with E-state index in [0.717, 1.165) is 11.8 Å². The fourth-order valence-electron chi connectivity index (χ4n) is 3.84. The minimum absolute atomic E-state index is 0.0386. The Morgan fingerprint density at radius 3 is 2.21 bits per heavy atom. The van der Waals surface area contributed by atoms with E-state index in [1.54, 1.807) is 12.1 Å². The Balaban J connectivity index is 1.45. The van der Waals surface area contributed by atoms with Crippen LogP contribution in [0.3, 0.4) is 0 Å². The van der Waals surface area contributed by atoms with Crippen molar-refractivity contribution in [2.45, 2.75) is 24.2 Å². The molecule has 1 fully saturated rings.